The highest BCUT2D eigenvalue weighted by Crippen LogP contribution is 2.39. The van der Waals surface area contributed by atoms with Crippen molar-refractivity contribution in [3.63, 3.8) is 0 Å². The predicted molar refractivity (Wildman–Crippen MR) is 140 cm³/mol. The van der Waals surface area contributed by atoms with E-state index in [-0.39, 0.29) is 36.0 Å². The van der Waals surface area contributed by atoms with Gasteiger partial charge in [-0.2, -0.15) is 0 Å². The molecule has 2 fully saturated rings. The highest BCUT2D eigenvalue weighted by atomic mass is 16.2. The van der Waals surface area contributed by atoms with E-state index < -0.39 is 5.54 Å². The van der Waals surface area contributed by atoms with Crippen LogP contribution in [0.5, 0.6) is 0 Å². The number of benzene rings is 2. The Hall–Kier alpha value is -3.55. The quantitative estimate of drug-likeness (QED) is 0.670. The monoisotopic (exact) mass is 491 g/mol. The number of anilines is 1. The molecule has 0 radical (unpaired) electrons. The second-order valence-corrected chi connectivity index (χ2v) is 10.8. The Balaban J connectivity index is 1.48. The number of hydrogen-bond acceptors (Lipinski definition) is 4. The first-order valence-electron chi connectivity index (χ1n) is 12.6. The van der Waals surface area contributed by atoms with Crippen molar-refractivity contribution in [1.29, 1.82) is 0 Å². The summed E-state index contributed by atoms with van der Waals surface area (Å²) < 4.78 is 0. The van der Waals surface area contributed by atoms with Crippen LogP contribution in [0.3, 0.4) is 0 Å². The number of carbonyl (C=O) groups excluding carboxylic acids is 3. The van der Waals surface area contributed by atoms with E-state index in [1.807, 2.05) is 88.4 Å². The van der Waals surface area contributed by atoms with Crippen LogP contribution in [0.25, 0.3) is 0 Å². The van der Waals surface area contributed by atoms with E-state index in [0.717, 1.165) is 11.3 Å². The van der Waals surface area contributed by atoms with Crippen LogP contribution in [0.2, 0.25) is 0 Å². The van der Waals surface area contributed by atoms with Crippen molar-refractivity contribution < 1.29 is 14.4 Å². The molecule has 0 aromatic heterocycles. The third kappa shape index (κ3) is 5.48. The number of urea groups is 1. The standard InChI is InChI=1S/C28H37N5O3/c1-21(22-11-7-5-8-12-22)29-24(34)19-32-20-33(23-13-9-6-10-14-23)28(25(32)35)15-17-31(18-16-28)26(36)30-27(2,3)4/h5-14,21H,15-20H2,1-4H3,(H,29,34)(H,30,36)/t21-/m1/s1. The van der Waals surface area contributed by atoms with Gasteiger partial charge in [0.05, 0.1) is 12.7 Å². The van der Waals surface area contributed by atoms with Gasteiger partial charge in [0, 0.05) is 24.3 Å². The van der Waals surface area contributed by atoms with Crippen molar-refractivity contribution in [3.8, 4) is 0 Å². The number of piperidine rings is 1. The van der Waals surface area contributed by atoms with Gasteiger partial charge in [0.15, 0.2) is 0 Å². The van der Waals surface area contributed by atoms with Crippen LogP contribution in [0.4, 0.5) is 10.5 Å². The normalized spacial score (nSPS) is 18.3. The highest BCUT2D eigenvalue weighted by Gasteiger charge is 2.54. The summed E-state index contributed by atoms with van der Waals surface area (Å²) >= 11 is 0. The first kappa shape index (κ1) is 25.5. The molecule has 36 heavy (non-hydrogen) atoms. The number of rotatable bonds is 5. The first-order chi connectivity index (χ1) is 17.1. The van der Waals surface area contributed by atoms with Crippen LogP contribution in [-0.4, -0.2) is 65.0 Å². The lowest BCUT2D eigenvalue weighted by Gasteiger charge is -2.43. The Morgan fingerprint density at radius 1 is 0.972 bits per heavy atom. The van der Waals surface area contributed by atoms with Crippen LogP contribution in [-0.2, 0) is 9.59 Å². The number of para-hydroxylation sites is 1. The van der Waals surface area contributed by atoms with E-state index in [2.05, 4.69) is 15.5 Å². The lowest BCUT2D eigenvalue weighted by atomic mass is 9.85. The summed E-state index contributed by atoms with van der Waals surface area (Å²) in [6.45, 7) is 9.08. The highest BCUT2D eigenvalue weighted by molar-refractivity contribution is 5.96. The summed E-state index contributed by atoms with van der Waals surface area (Å²) in [4.78, 5) is 45.1. The van der Waals surface area contributed by atoms with Crippen LogP contribution in [0.1, 0.15) is 52.1 Å². The van der Waals surface area contributed by atoms with E-state index >= 15 is 0 Å². The van der Waals surface area contributed by atoms with Crippen molar-refractivity contribution in [1.82, 2.24) is 20.4 Å². The number of likely N-dealkylation sites (tertiary alicyclic amines) is 1. The smallest absolute Gasteiger partial charge is 0.317 e. The molecule has 2 aromatic carbocycles. The molecule has 2 aromatic rings. The topological polar surface area (TPSA) is 85.0 Å². The van der Waals surface area contributed by atoms with Crippen LogP contribution >= 0.6 is 0 Å². The number of nitrogens with zero attached hydrogens (tertiary/aromatic N) is 3. The molecule has 0 saturated carbocycles. The minimum absolute atomic E-state index is 0.00465. The largest absolute Gasteiger partial charge is 0.348 e. The van der Waals surface area contributed by atoms with E-state index in [0.29, 0.717) is 32.6 Å². The molecule has 0 aliphatic carbocycles. The van der Waals surface area contributed by atoms with Gasteiger partial charge < -0.3 is 25.3 Å². The van der Waals surface area contributed by atoms with E-state index in [1.54, 1.807) is 9.80 Å². The minimum atomic E-state index is -0.773. The second kappa shape index (κ2) is 10.2. The maximum atomic E-state index is 13.8. The number of hydrogen-bond donors (Lipinski definition) is 2. The molecule has 2 N–H and O–H groups in total. The van der Waals surface area contributed by atoms with Gasteiger partial charge in [-0.3, -0.25) is 9.59 Å². The van der Waals surface area contributed by atoms with E-state index in [1.165, 1.54) is 0 Å². The molecule has 2 saturated heterocycles. The summed E-state index contributed by atoms with van der Waals surface area (Å²) in [6.07, 6.45) is 1.02. The fourth-order valence-corrected chi connectivity index (χ4v) is 5.09. The molecule has 4 rings (SSSR count). The molecule has 0 bridgehead atoms. The average molecular weight is 492 g/mol. The lowest BCUT2D eigenvalue weighted by Crippen LogP contribution is -2.59. The Morgan fingerprint density at radius 3 is 2.14 bits per heavy atom. The second-order valence-electron chi connectivity index (χ2n) is 10.8. The summed E-state index contributed by atoms with van der Waals surface area (Å²) in [5.74, 6) is -0.239. The average Bonchev–Trinajstić information content (AvgIpc) is 3.10. The van der Waals surface area contributed by atoms with Gasteiger partial charge in [0.25, 0.3) is 5.91 Å². The van der Waals surface area contributed by atoms with Crippen molar-refractivity contribution in [2.24, 2.45) is 0 Å². The van der Waals surface area contributed by atoms with Crippen LogP contribution in [0, 0.1) is 0 Å². The molecular weight excluding hydrogens is 454 g/mol. The molecule has 0 unspecified atom stereocenters. The molecule has 8 heteroatoms. The van der Waals surface area contributed by atoms with Gasteiger partial charge in [-0.25, -0.2) is 4.79 Å². The molecule has 8 nitrogen and oxygen atoms in total. The van der Waals surface area contributed by atoms with E-state index in [4.69, 9.17) is 0 Å². The maximum Gasteiger partial charge on any atom is 0.317 e. The molecule has 2 aliphatic rings. The third-order valence-corrected chi connectivity index (χ3v) is 6.95. The summed E-state index contributed by atoms with van der Waals surface area (Å²) in [5.41, 5.74) is 0.860. The molecule has 192 valence electrons. The van der Waals surface area contributed by atoms with E-state index in [9.17, 15) is 14.4 Å². The molecule has 1 atom stereocenters. The lowest BCUT2D eigenvalue weighted by molar-refractivity contribution is -0.137. The van der Waals surface area contributed by atoms with Gasteiger partial charge in [0.1, 0.15) is 12.1 Å². The maximum absolute atomic E-state index is 13.8. The molecule has 1 spiro atoms. The number of carbonyl (C=O) groups is 3. The van der Waals surface area contributed by atoms with Crippen molar-refractivity contribution in [2.45, 2.75) is 57.7 Å². The zero-order chi connectivity index (χ0) is 25.9. The van der Waals surface area contributed by atoms with Gasteiger partial charge in [-0.15, -0.1) is 0 Å². The zero-order valence-corrected chi connectivity index (χ0v) is 21.7. The summed E-state index contributed by atoms with van der Waals surface area (Å²) in [7, 11) is 0. The van der Waals surface area contributed by atoms with Crippen LogP contribution < -0.4 is 15.5 Å². The minimum Gasteiger partial charge on any atom is -0.348 e. The molecule has 4 amide bonds. The van der Waals surface area contributed by atoms with Gasteiger partial charge in [-0.05, 0) is 58.2 Å². The zero-order valence-electron chi connectivity index (χ0n) is 21.7. The molecule has 2 aliphatic heterocycles. The van der Waals surface area contributed by atoms with Gasteiger partial charge >= 0.3 is 6.03 Å². The predicted octanol–water partition coefficient (Wildman–Crippen LogP) is 3.51. The van der Waals surface area contributed by atoms with Crippen molar-refractivity contribution >= 4 is 23.5 Å². The third-order valence-electron chi connectivity index (χ3n) is 6.95. The first-order valence-corrected chi connectivity index (χ1v) is 12.6. The Bertz CT molecular complexity index is 1080. The molecule has 2 heterocycles. The van der Waals surface area contributed by atoms with Gasteiger partial charge in [-0.1, -0.05) is 48.5 Å². The Kier molecular flexibility index (Phi) is 7.24. The molecular formula is C28H37N5O3. The fraction of sp³-hybridized carbons (Fsp3) is 0.464. The van der Waals surface area contributed by atoms with Crippen molar-refractivity contribution in [2.75, 3.05) is 31.2 Å². The van der Waals surface area contributed by atoms with Crippen molar-refractivity contribution in [3.05, 3.63) is 66.2 Å². The number of amides is 4. The SMILES string of the molecule is C[C@@H](NC(=O)CN1CN(c2ccccc2)C2(CCN(C(=O)NC(C)(C)C)CC2)C1=O)c1ccccc1. The van der Waals surface area contributed by atoms with Gasteiger partial charge in [0.2, 0.25) is 5.91 Å². The number of nitrogens with one attached hydrogen (secondary N) is 2. The summed E-state index contributed by atoms with van der Waals surface area (Å²) in [6, 6.07) is 19.4. The Morgan fingerprint density at radius 2 is 1.56 bits per heavy atom. The van der Waals surface area contributed by atoms with Crippen LogP contribution in [0.15, 0.2) is 60.7 Å². The fourth-order valence-electron chi connectivity index (χ4n) is 5.09. The summed E-state index contributed by atoms with van der Waals surface area (Å²) in [5, 5.41) is 6.03. The Labute approximate surface area is 213 Å².